The van der Waals surface area contributed by atoms with Crippen molar-refractivity contribution in [2.75, 3.05) is 13.2 Å². The fourth-order valence-corrected chi connectivity index (χ4v) is 2.61. The average molecular weight is 289 g/mol. The van der Waals surface area contributed by atoms with E-state index in [2.05, 4.69) is 23.2 Å². The highest BCUT2D eigenvalue weighted by atomic mass is 16.6. The van der Waals surface area contributed by atoms with Gasteiger partial charge in [0.2, 0.25) is 0 Å². The number of hydrogen-bond donors (Lipinski definition) is 0. The molecule has 0 atom stereocenters. The molecule has 3 nitrogen and oxygen atoms in total. The summed E-state index contributed by atoms with van der Waals surface area (Å²) in [6, 6.07) is 16.2. The first-order valence-corrected chi connectivity index (χ1v) is 7.32. The van der Waals surface area contributed by atoms with Crippen molar-refractivity contribution in [1.29, 1.82) is 0 Å². The molecule has 0 spiro atoms. The Kier molecular flexibility index (Phi) is 3.24. The maximum atomic E-state index is 5.62. The van der Waals surface area contributed by atoms with E-state index in [4.69, 9.17) is 9.47 Å². The van der Waals surface area contributed by atoms with Crippen LogP contribution in [-0.4, -0.2) is 18.2 Å². The summed E-state index contributed by atoms with van der Waals surface area (Å²) in [5, 5.41) is 1.15. The molecule has 1 aliphatic heterocycles. The molecule has 3 heteroatoms. The Balaban J connectivity index is 1.69. The molecular weight excluding hydrogens is 274 g/mol. The number of pyridine rings is 1. The number of hydrogen-bond acceptors (Lipinski definition) is 3. The van der Waals surface area contributed by atoms with Crippen molar-refractivity contribution in [1.82, 2.24) is 4.98 Å². The van der Waals surface area contributed by atoms with Gasteiger partial charge in [-0.1, -0.05) is 36.4 Å². The van der Waals surface area contributed by atoms with Gasteiger partial charge in [0.05, 0.1) is 5.52 Å². The van der Waals surface area contributed by atoms with E-state index >= 15 is 0 Å². The Labute approximate surface area is 128 Å². The van der Waals surface area contributed by atoms with Crippen LogP contribution in [0, 0.1) is 0 Å². The molecule has 0 saturated carbocycles. The van der Waals surface area contributed by atoms with Crippen molar-refractivity contribution in [3.8, 4) is 11.5 Å². The van der Waals surface area contributed by atoms with Gasteiger partial charge >= 0.3 is 0 Å². The topological polar surface area (TPSA) is 31.4 Å². The lowest BCUT2D eigenvalue weighted by molar-refractivity contribution is 0.171. The summed E-state index contributed by atoms with van der Waals surface area (Å²) in [4.78, 5) is 4.38. The third-order valence-corrected chi connectivity index (χ3v) is 3.70. The standard InChI is InChI=1S/C19H15NO2/c1-2-4-17-16(3-1)15(9-10-20-17)7-5-14-6-8-18-19(13-14)22-12-11-21-18/h1-10,13H,11-12H2. The summed E-state index contributed by atoms with van der Waals surface area (Å²) in [6.45, 7) is 1.22. The molecule has 2 heterocycles. The zero-order valence-electron chi connectivity index (χ0n) is 12.0. The highest BCUT2D eigenvalue weighted by Crippen LogP contribution is 2.31. The smallest absolute Gasteiger partial charge is 0.161 e. The molecule has 4 rings (SSSR count). The Morgan fingerprint density at radius 1 is 0.864 bits per heavy atom. The van der Waals surface area contributed by atoms with E-state index in [-0.39, 0.29) is 0 Å². The first-order valence-electron chi connectivity index (χ1n) is 7.32. The van der Waals surface area contributed by atoms with Crippen LogP contribution in [0.2, 0.25) is 0 Å². The highest BCUT2D eigenvalue weighted by Gasteiger charge is 2.10. The van der Waals surface area contributed by atoms with Crippen molar-refractivity contribution in [3.63, 3.8) is 0 Å². The molecule has 1 aliphatic rings. The zero-order chi connectivity index (χ0) is 14.8. The van der Waals surface area contributed by atoms with Crippen LogP contribution < -0.4 is 9.47 Å². The molecule has 3 aromatic rings. The fourth-order valence-electron chi connectivity index (χ4n) is 2.61. The Bertz CT molecular complexity index is 850. The minimum absolute atomic E-state index is 0.606. The minimum Gasteiger partial charge on any atom is -0.486 e. The molecule has 0 amide bonds. The number of para-hydroxylation sites is 1. The van der Waals surface area contributed by atoms with Crippen LogP contribution in [0.25, 0.3) is 23.1 Å². The number of rotatable bonds is 2. The van der Waals surface area contributed by atoms with Gasteiger partial charge in [-0.25, -0.2) is 0 Å². The monoisotopic (exact) mass is 289 g/mol. The number of aromatic nitrogens is 1. The molecular formula is C19H15NO2. The van der Waals surface area contributed by atoms with Crippen LogP contribution in [0.4, 0.5) is 0 Å². The van der Waals surface area contributed by atoms with Crippen LogP contribution in [0.5, 0.6) is 11.5 Å². The summed E-state index contributed by atoms with van der Waals surface area (Å²) in [5.74, 6) is 1.63. The van der Waals surface area contributed by atoms with Crippen LogP contribution in [0.3, 0.4) is 0 Å². The number of fused-ring (bicyclic) bond motifs is 2. The normalized spacial score (nSPS) is 13.6. The predicted molar refractivity (Wildman–Crippen MR) is 88.1 cm³/mol. The Morgan fingerprint density at radius 3 is 2.68 bits per heavy atom. The summed E-state index contributed by atoms with van der Waals surface area (Å²) in [5.41, 5.74) is 3.25. The Morgan fingerprint density at radius 2 is 1.73 bits per heavy atom. The molecule has 0 bridgehead atoms. The van der Waals surface area contributed by atoms with Gasteiger partial charge < -0.3 is 9.47 Å². The fraction of sp³-hybridized carbons (Fsp3) is 0.105. The maximum Gasteiger partial charge on any atom is 0.161 e. The van der Waals surface area contributed by atoms with E-state index in [9.17, 15) is 0 Å². The van der Waals surface area contributed by atoms with E-state index in [1.54, 1.807) is 0 Å². The van der Waals surface area contributed by atoms with Gasteiger partial charge in [0.1, 0.15) is 13.2 Å². The second-order valence-corrected chi connectivity index (χ2v) is 5.15. The van der Waals surface area contributed by atoms with E-state index in [1.807, 2.05) is 48.7 Å². The molecule has 108 valence electrons. The van der Waals surface area contributed by atoms with Crippen molar-refractivity contribution in [2.24, 2.45) is 0 Å². The largest absolute Gasteiger partial charge is 0.486 e. The van der Waals surface area contributed by atoms with Gasteiger partial charge in [-0.05, 0) is 35.4 Å². The van der Waals surface area contributed by atoms with Gasteiger partial charge in [0.25, 0.3) is 0 Å². The molecule has 0 unspecified atom stereocenters. The number of nitrogens with zero attached hydrogens (tertiary/aromatic N) is 1. The van der Waals surface area contributed by atoms with Crippen LogP contribution >= 0.6 is 0 Å². The first kappa shape index (κ1) is 12.9. The number of ether oxygens (including phenoxy) is 2. The lowest BCUT2D eigenvalue weighted by atomic mass is 10.1. The molecule has 22 heavy (non-hydrogen) atoms. The highest BCUT2D eigenvalue weighted by molar-refractivity contribution is 5.90. The summed E-state index contributed by atoms with van der Waals surface area (Å²) < 4.78 is 11.2. The van der Waals surface area contributed by atoms with Gasteiger partial charge in [-0.2, -0.15) is 0 Å². The van der Waals surface area contributed by atoms with E-state index < -0.39 is 0 Å². The van der Waals surface area contributed by atoms with Gasteiger partial charge in [-0.3, -0.25) is 4.98 Å². The molecule has 0 radical (unpaired) electrons. The summed E-state index contributed by atoms with van der Waals surface area (Å²) in [7, 11) is 0. The second-order valence-electron chi connectivity index (χ2n) is 5.15. The molecule has 0 N–H and O–H groups in total. The molecule has 0 fully saturated rings. The number of benzene rings is 2. The molecule has 2 aromatic carbocycles. The Hall–Kier alpha value is -2.81. The minimum atomic E-state index is 0.606. The third kappa shape index (κ3) is 2.42. The predicted octanol–water partition coefficient (Wildman–Crippen LogP) is 4.18. The first-order chi connectivity index (χ1) is 10.9. The lowest BCUT2D eigenvalue weighted by Crippen LogP contribution is -2.15. The van der Waals surface area contributed by atoms with E-state index in [0.717, 1.165) is 33.5 Å². The van der Waals surface area contributed by atoms with Gasteiger partial charge in [0, 0.05) is 11.6 Å². The molecule has 1 aromatic heterocycles. The van der Waals surface area contributed by atoms with Crippen LogP contribution in [0.15, 0.2) is 54.7 Å². The molecule has 0 aliphatic carbocycles. The summed E-state index contributed by atoms with van der Waals surface area (Å²) >= 11 is 0. The summed E-state index contributed by atoms with van der Waals surface area (Å²) in [6.07, 6.45) is 6.03. The maximum absolute atomic E-state index is 5.62. The van der Waals surface area contributed by atoms with Gasteiger partial charge in [0.15, 0.2) is 11.5 Å². The van der Waals surface area contributed by atoms with Crippen LogP contribution in [-0.2, 0) is 0 Å². The average Bonchev–Trinajstić information content (AvgIpc) is 2.60. The zero-order valence-corrected chi connectivity index (χ0v) is 12.0. The second kappa shape index (κ2) is 5.53. The van der Waals surface area contributed by atoms with Gasteiger partial charge in [-0.15, -0.1) is 0 Å². The molecule has 0 saturated heterocycles. The lowest BCUT2D eigenvalue weighted by Gasteiger charge is -2.18. The quantitative estimate of drug-likeness (QED) is 0.709. The van der Waals surface area contributed by atoms with Crippen molar-refractivity contribution < 1.29 is 9.47 Å². The van der Waals surface area contributed by atoms with E-state index in [0.29, 0.717) is 13.2 Å². The van der Waals surface area contributed by atoms with Crippen LogP contribution in [0.1, 0.15) is 11.1 Å². The van der Waals surface area contributed by atoms with Crippen molar-refractivity contribution >= 4 is 23.1 Å². The van der Waals surface area contributed by atoms with Crippen molar-refractivity contribution in [2.45, 2.75) is 0 Å². The van der Waals surface area contributed by atoms with Crippen molar-refractivity contribution in [3.05, 3.63) is 65.9 Å². The SMILES string of the molecule is C(=Cc1ccnc2ccccc12)c1ccc2c(c1)OCCO2. The third-order valence-electron chi connectivity index (χ3n) is 3.70. The van der Waals surface area contributed by atoms with E-state index in [1.165, 1.54) is 0 Å².